The summed E-state index contributed by atoms with van der Waals surface area (Å²) in [5.41, 5.74) is 11.7. The fourth-order valence-electron chi connectivity index (χ4n) is 3.68. The fraction of sp³-hybridized carbons (Fsp3) is 0.667. The highest BCUT2D eigenvalue weighted by atomic mass is 32.2. The molecule has 1 rings (SSSR count). The van der Waals surface area contributed by atoms with Gasteiger partial charge in [0.25, 0.3) is 0 Å². The van der Waals surface area contributed by atoms with Gasteiger partial charge in [-0.2, -0.15) is 23.5 Å². The minimum absolute atomic E-state index is 0.0668. The minimum Gasteiger partial charge on any atom is -0.368 e. The number of carbonyl (C=O) groups excluding carboxylic acids is 5. The van der Waals surface area contributed by atoms with Gasteiger partial charge >= 0.3 is 0 Å². The fourth-order valence-corrected chi connectivity index (χ4v) is 4.62. The summed E-state index contributed by atoms with van der Waals surface area (Å²) in [6, 6.07) is -3.77. The first kappa shape index (κ1) is 34.2. The van der Waals surface area contributed by atoms with Crippen molar-refractivity contribution in [2.24, 2.45) is 11.5 Å². The Morgan fingerprint density at radius 1 is 0.846 bits per heavy atom. The smallest absolute Gasteiger partial charge is 0.243 e. The number of primary amides is 1. The topological polar surface area (TPSA) is 214 Å². The third-order valence-electron chi connectivity index (χ3n) is 5.77. The second-order valence-electron chi connectivity index (χ2n) is 8.97. The van der Waals surface area contributed by atoms with Crippen molar-refractivity contribution in [1.82, 2.24) is 31.2 Å². The van der Waals surface area contributed by atoms with Gasteiger partial charge < -0.3 is 37.7 Å². The molecule has 1 aromatic rings. The summed E-state index contributed by atoms with van der Waals surface area (Å²) in [7, 11) is 0. The lowest BCUT2D eigenvalue weighted by molar-refractivity contribution is -0.134. The van der Waals surface area contributed by atoms with Gasteiger partial charge in [0.15, 0.2) is 0 Å². The number of rotatable bonds is 20. The van der Waals surface area contributed by atoms with E-state index in [1.54, 1.807) is 0 Å². The number of aromatic nitrogens is 2. The van der Waals surface area contributed by atoms with Crippen LogP contribution in [0.4, 0.5) is 0 Å². The van der Waals surface area contributed by atoms with Gasteiger partial charge in [-0.15, -0.1) is 0 Å². The van der Waals surface area contributed by atoms with E-state index >= 15 is 0 Å². The summed E-state index contributed by atoms with van der Waals surface area (Å²) in [6.07, 6.45) is 9.00. The number of imidazole rings is 1. The molecule has 0 bridgehead atoms. The standard InChI is InChI=1S/C24H42N8O5S2/c1-15(33)29-19(8-11-39-3)23(36)31-18(6-4-5-9-25)22(35)32-20(12-16-13-27-14-28-16)24(37)30-17(21(26)34)7-10-38-2/h13-14,17-20H,4-12,25H2,1-3H3,(H2,26,34)(H,27,28)(H,29,33)(H,30,37)(H,31,36)(H,32,35)/t17-,18-,19-,20-/m0/s1. The molecule has 0 aliphatic heterocycles. The molecule has 0 fully saturated rings. The Balaban J connectivity index is 3.11. The largest absolute Gasteiger partial charge is 0.368 e. The summed E-state index contributed by atoms with van der Waals surface area (Å²) in [4.78, 5) is 70.1. The molecule has 0 saturated heterocycles. The monoisotopic (exact) mass is 586 g/mol. The number of unbranched alkanes of at least 4 members (excludes halogenated alkanes) is 1. The van der Waals surface area contributed by atoms with Crippen LogP contribution < -0.4 is 32.7 Å². The van der Waals surface area contributed by atoms with Crippen LogP contribution in [0.1, 0.15) is 44.7 Å². The van der Waals surface area contributed by atoms with Crippen LogP contribution in [0.5, 0.6) is 0 Å². The molecule has 0 aromatic carbocycles. The predicted octanol–water partition coefficient (Wildman–Crippen LogP) is -0.968. The quantitative estimate of drug-likeness (QED) is 0.0935. The average Bonchev–Trinajstić information content (AvgIpc) is 3.40. The zero-order valence-electron chi connectivity index (χ0n) is 22.8. The number of amides is 5. The number of nitrogens with two attached hydrogens (primary N) is 2. The van der Waals surface area contributed by atoms with Crippen LogP contribution >= 0.6 is 23.5 Å². The number of nitrogens with zero attached hydrogens (tertiary/aromatic N) is 1. The molecule has 0 aliphatic carbocycles. The summed E-state index contributed by atoms with van der Waals surface area (Å²) in [6.45, 7) is 1.74. The van der Waals surface area contributed by atoms with E-state index in [0.29, 0.717) is 49.4 Å². The van der Waals surface area contributed by atoms with Crippen LogP contribution in [0.15, 0.2) is 12.5 Å². The molecule has 5 amide bonds. The molecule has 0 spiro atoms. The molecule has 4 atom stereocenters. The van der Waals surface area contributed by atoms with Crippen molar-refractivity contribution in [2.45, 2.75) is 69.6 Å². The molecule has 0 aliphatic rings. The van der Waals surface area contributed by atoms with Crippen molar-refractivity contribution in [1.29, 1.82) is 0 Å². The molecule has 1 heterocycles. The van der Waals surface area contributed by atoms with Gasteiger partial charge in [-0.05, 0) is 62.7 Å². The summed E-state index contributed by atoms with van der Waals surface area (Å²) in [5.74, 6) is -1.46. The van der Waals surface area contributed by atoms with Gasteiger partial charge in [-0.1, -0.05) is 0 Å². The van der Waals surface area contributed by atoms with E-state index < -0.39 is 47.8 Å². The van der Waals surface area contributed by atoms with E-state index in [0.717, 1.165) is 0 Å². The maximum absolute atomic E-state index is 13.4. The van der Waals surface area contributed by atoms with E-state index in [9.17, 15) is 24.0 Å². The van der Waals surface area contributed by atoms with Crippen molar-refractivity contribution in [2.75, 3.05) is 30.6 Å². The zero-order valence-corrected chi connectivity index (χ0v) is 24.4. The van der Waals surface area contributed by atoms with Gasteiger partial charge in [0.1, 0.15) is 24.2 Å². The summed E-state index contributed by atoms with van der Waals surface area (Å²) < 4.78 is 0. The maximum Gasteiger partial charge on any atom is 0.243 e. The molecule has 220 valence electrons. The van der Waals surface area contributed by atoms with Crippen LogP contribution in [0.3, 0.4) is 0 Å². The highest BCUT2D eigenvalue weighted by Crippen LogP contribution is 2.08. The van der Waals surface area contributed by atoms with Gasteiger partial charge in [0.2, 0.25) is 29.5 Å². The third kappa shape index (κ3) is 13.7. The Bertz CT molecular complexity index is 918. The number of thioether (sulfide) groups is 2. The highest BCUT2D eigenvalue weighted by molar-refractivity contribution is 7.98. The first-order valence-electron chi connectivity index (χ1n) is 12.8. The van der Waals surface area contributed by atoms with Gasteiger partial charge in [-0.25, -0.2) is 4.98 Å². The lowest BCUT2D eigenvalue weighted by Gasteiger charge is -2.26. The number of H-pyrrole nitrogens is 1. The molecule has 0 radical (unpaired) electrons. The van der Waals surface area contributed by atoms with E-state index in [-0.39, 0.29) is 18.7 Å². The molecule has 1 aromatic heterocycles. The van der Waals surface area contributed by atoms with Crippen molar-refractivity contribution in [3.63, 3.8) is 0 Å². The maximum atomic E-state index is 13.4. The second-order valence-corrected chi connectivity index (χ2v) is 10.9. The van der Waals surface area contributed by atoms with E-state index in [1.165, 1.54) is 43.0 Å². The summed E-state index contributed by atoms with van der Waals surface area (Å²) in [5, 5.41) is 10.7. The molecule has 13 nitrogen and oxygen atoms in total. The summed E-state index contributed by atoms with van der Waals surface area (Å²) >= 11 is 3.04. The van der Waals surface area contributed by atoms with Gasteiger partial charge in [0.05, 0.1) is 6.33 Å². The van der Waals surface area contributed by atoms with Crippen LogP contribution in [-0.2, 0) is 30.4 Å². The van der Waals surface area contributed by atoms with Crippen molar-refractivity contribution in [3.8, 4) is 0 Å². The molecule has 0 unspecified atom stereocenters. The first-order valence-corrected chi connectivity index (χ1v) is 15.5. The lowest BCUT2D eigenvalue weighted by Crippen LogP contribution is -2.58. The van der Waals surface area contributed by atoms with Crippen LogP contribution in [-0.4, -0.2) is 94.2 Å². The Labute approximate surface area is 237 Å². The van der Waals surface area contributed by atoms with E-state index in [2.05, 4.69) is 31.2 Å². The Morgan fingerprint density at radius 2 is 1.38 bits per heavy atom. The van der Waals surface area contributed by atoms with Crippen LogP contribution in [0, 0.1) is 0 Å². The number of hydrogen-bond donors (Lipinski definition) is 7. The molecular formula is C24H42N8O5S2. The Kier molecular flexibility index (Phi) is 17.0. The van der Waals surface area contributed by atoms with Gasteiger partial charge in [-0.3, -0.25) is 24.0 Å². The molecule has 15 heteroatoms. The van der Waals surface area contributed by atoms with Crippen LogP contribution in [0.2, 0.25) is 0 Å². The number of aromatic amines is 1. The lowest BCUT2D eigenvalue weighted by atomic mass is 10.0. The molecule has 9 N–H and O–H groups in total. The van der Waals surface area contributed by atoms with E-state index in [1.807, 2.05) is 12.5 Å². The second kappa shape index (κ2) is 19.3. The number of carbonyl (C=O) groups is 5. The number of nitrogens with one attached hydrogen (secondary N) is 5. The molecular weight excluding hydrogens is 544 g/mol. The van der Waals surface area contributed by atoms with E-state index in [4.69, 9.17) is 11.5 Å². The third-order valence-corrected chi connectivity index (χ3v) is 7.05. The molecule has 39 heavy (non-hydrogen) atoms. The predicted molar refractivity (Wildman–Crippen MR) is 154 cm³/mol. The zero-order chi connectivity index (χ0) is 29.2. The Morgan fingerprint density at radius 3 is 1.90 bits per heavy atom. The Hall–Kier alpha value is -2.78. The minimum atomic E-state index is -1.08. The van der Waals surface area contributed by atoms with Crippen molar-refractivity contribution >= 4 is 53.1 Å². The first-order chi connectivity index (χ1) is 18.6. The van der Waals surface area contributed by atoms with Crippen LogP contribution in [0.25, 0.3) is 0 Å². The van der Waals surface area contributed by atoms with Crippen molar-refractivity contribution < 1.29 is 24.0 Å². The SMILES string of the molecule is CSCC[C@H](NC(=O)[C@H](Cc1cnc[nH]1)NC(=O)[C@H](CCCCN)NC(=O)[C@H](CCSC)NC(C)=O)C(N)=O. The highest BCUT2D eigenvalue weighted by Gasteiger charge is 2.31. The normalized spacial score (nSPS) is 13.9. The average molecular weight is 587 g/mol. The molecule has 0 saturated carbocycles. The van der Waals surface area contributed by atoms with Crippen molar-refractivity contribution in [3.05, 3.63) is 18.2 Å². The van der Waals surface area contributed by atoms with Gasteiger partial charge in [0, 0.05) is 25.2 Å². The number of hydrogen-bond acceptors (Lipinski definition) is 9.